The molecule has 0 aliphatic heterocycles. The van der Waals surface area contributed by atoms with Gasteiger partial charge < -0.3 is 15.7 Å². The topological polar surface area (TPSA) is 96.3 Å². The maximum atomic E-state index is 11.6. The van der Waals surface area contributed by atoms with Crippen molar-refractivity contribution in [3.05, 3.63) is 18.0 Å². The summed E-state index contributed by atoms with van der Waals surface area (Å²) in [4.78, 5) is 22.6. The number of nitrogens with one attached hydrogen (secondary N) is 2. The summed E-state index contributed by atoms with van der Waals surface area (Å²) in [6, 6.07) is 0.560. The van der Waals surface area contributed by atoms with Crippen molar-refractivity contribution in [2.24, 2.45) is 7.05 Å². The molecule has 0 spiro atoms. The van der Waals surface area contributed by atoms with Crippen LogP contribution in [-0.2, 0) is 18.3 Å². The fraction of sp³-hybridized carbons (Fsp3) is 0.583. The third kappa shape index (κ3) is 5.96. The van der Waals surface area contributed by atoms with E-state index < -0.39 is 18.0 Å². The minimum Gasteiger partial charge on any atom is -0.480 e. The molecule has 0 aliphatic carbocycles. The summed E-state index contributed by atoms with van der Waals surface area (Å²) in [6.45, 7) is 0.414. The number of aliphatic carboxylic acids is 1. The smallest absolute Gasteiger partial charge is 0.326 e. The number of carbonyl (C=O) groups is 2. The number of hydrogen-bond acceptors (Lipinski definition) is 4. The van der Waals surface area contributed by atoms with Gasteiger partial charge in [-0.1, -0.05) is 0 Å². The molecule has 1 rings (SSSR count). The van der Waals surface area contributed by atoms with Gasteiger partial charge in [0.15, 0.2) is 0 Å². The van der Waals surface area contributed by atoms with Gasteiger partial charge in [0.25, 0.3) is 0 Å². The van der Waals surface area contributed by atoms with E-state index in [2.05, 4.69) is 15.7 Å². The van der Waals surface area contributed by atoms with E-state index in [9.17, 15) is 9.59 Å². The number of thioether (sulfide) groups is 1. The minimum atomic E-state index is -1.01. The van der Waals surface area contributed by atoms with Gasteiger partial charge in [-0.15, -0.1) is 0 Å². The largest absolute Gasteiger partial charge is 0.480 e. The van der Waals surface area contributed by atoms with Gasteiger partial charge in [-0.2, -0.15) is 16.9 Å². The summed E-state index contributed by atoms with van der Waals surface area (Å²) in [5, 5.41) is 18.3. The van der Waals surface area contributed by atoms with Crippen LogP contribution in [-0.4, -0.2) is 51.5 Å². The number of hydrogen-bond donors (Lipinski definition) is 3. The average molecular weight is 300 g/mol. The Morgan fingerprint density at radius 2 is 2.30 bits per heavy atom. The van der Waals surface area contributed by atoms with Crippen LogP contribution in [0.5, 0.6) is 0 Å². The minimum absolute atomic E-state index is 0.407. The van der Waals surface area contributed by atoms with Crippen molar-refractivity contribution < 1.29 is 14.7 Å². The van der Waals surface area contributed by atoms with Crippen molar-refractivity contribution in [2.75, 3.05) is 18.6 Å². The van der Waals surface area contributed by atoms with Crippen LogP contribution in [0.25, 0.3) is 0 Å². The fourth-order valence-electron chi connectivity index (χ4n) is 1.60. The molecule has 20 heavy (non-hydrogen) atoms. The number of carboxylic acids is 1. The molecule has 1 aromatic heterocycles. The quantitative estimate of drug-likeness (QED) is 0.648. The van der Waals surface area contributed by atoms with Crippen LogP contribution in [0.1, 0.15) is 12.1 Å². The molecule has 0 aliphatic rings. The molecule has 0 radical (unpaired) electrons. The normalized spacial score (nSPS) is 11.9. The van der Waals surface area contributed by atoms with E-state index in [1.807, 2.05) is 25.6 Å². The van der Waals surface area contributed by atoms with E-state index in [1.54, 1.807) is 16.4 Å². The molecule has 1 heterocycles. The van der Waals surface area contributed by atoms with E-state index >= 15 is 0 Å². The van der Waals surface area contributed by atoms with Gasteiger partial charge in [0.1, 0.15) is 6.04 Å². The third-order valence-corrected chi connectivity index (χ3v) is 3.29. The van der Waals surface area contributed by atoms with Crippen LogP contribution in [0.15, 0.2) is 12.3 Å². The molecule has 2 amide bonds. The number of urea groups is 1. The number of aromatic nitrogens is 2. The molecular formula is C12H20N4O3S. The Bertz CT molecular complexity index is 450. The van der Waals surface area contributed by atoms with Gasteiger partial charge >= 0.3 is 12.0 Å². The number of carbonyl (C=O) groups excluding carboxylic acids is 1. The standard InChI is InChI=1S/C12H20N4O3S/c1-16-7-4-9(15-16)3-6-13-12(19)14-10(11(17)18)5-8-20-2/h4,7,10H,3,5-6,8H2,1-2H3,(H,17,18)(H2,13,14,19). The molecule has 1 unspecified atom stereocenters. The molecule has 112 valence electrons. The maximum Gasteiger partial charge on any atom is 0.326 e. The Balaban J connectivity index is 2.28. The second-order valence-electron chi connectivity index (χ2n) is 4.30. The lowest BCUT2D eigenvalue weighted by atomic mass is 10.2. The van der Waals surface area contributed by atoms with E-state index in [1.165, 1.54) is 0 Å². The molecule has 0 saturated carbocycles. The average Bonchev–Trinajstić information content (AvgIpc) is 2.80. The highest BCUT2D eigenvalue weighted by Gasteiger charge is 2.18. The molecule has 8 heteroatoms. The monoisotopic (exact) mass is 300 g/mol. The Hall–Kier alpha value is -1.70. The van der Waals surface area contributed by atoms with Crippen molar-refractivity contribution in [3.8, 4) is 0 Å². The highest BCUT2D eigenvalue weighted by atomic mass is 32.2. The van der Waals surface area contributed by atoms with Crippen LogP contribution in [0.4, 0.5) is 4.79 Å². The zero-order chi connectivity index (χ0) is 15.0. The van der Waals surface area contributed by atoms with Crippen molar-refractivity contribution in [2.45, 2.75) is 18.9 Å². The van der Waals surface area contributed by atoms with Crippen molar-refractivity contribution in [3.63, 3.8) is 0 Å². The number of aryl methyl sites for hydroxylation is 1. The molecule has 7 nitrogen and oxygen atoms in total. The molecular weight excluding hydrogens is 280 g/mol. The molecule has 0 fully saturated rings. The van der Waals surface area contributed by atoms with Gasteiger partial charge in [-0.25, -0.2) is 9.59 Å². The van der Waals surface area contributed by atoms with Crippen LogP contribution in [0.3, 0.4) is 0 Å². The molecule has 0 aromatic carbocycles. The first-order valence-electron chi connectivity index (χ1n) is 6.27. The number of rotatable bonds is 8. The lowest BCUT2D eigenvalue weighted by Crippen LogP contribution is -2.46. The summed E-state index contributed by atoms with van der Waals surface area (Å²) in [5.74, 6) is -0.329. The first kappa shape index (κ1) is 16.4. The van der Waals surface area contributed by atoms with Crippen molar-refractivity contribution >= 4 is 23.8 Å². The lowest BCUT2D eigenvalue weighted by Gasteiger charge is -2.14. The SMILES string of the molecule is CSCCC(NC(=O)NCCc1ccn(C)n1)C(=O)O. The van der Waals surface area contributed by atoms with Gasteiger partial charge in [0.2, 0.25) is 0 Å². The molecule has 3 N–H and O–H groups in total. The second kappa shape index (κ2) is 8.47. The molecule has 0 saturated heterocycles. The summed E-state index contributed by atoms with van der Waals surface area (Å²) < 4.78 is 1.69. The predicted octanol–water partition coefficient (Wildman–Crippen LogP) is 0.468. The Kier molecular flexibility index (Phi) is 6.92. The molecule has 0 bridgehead atoms. The number of carboxylic acid groups (broad SMARTS) is 1. The summed E-state index contributed by atoms with van der Waals surface area (Å²) in [6.07, 6.45) is 4.74. The first-order valence-corrected chi connectivity index (χ1v) is 7.67. The highest BCUT2D eigenvalue weighted by Crippen LogP contribution is 2.01. The number of nitrogens with zero attached hydrogens (tertiary/aromatic N) is 2. The van der Waals surface area contributed by atoms with E-state index in [0.29, 0.717) is 25.1 Å². The van der Waals surface area contributed by atoms with Gasteiger partial charge in [0, 0.05) is 26.2 Å². The Morgan fingerprint density at radius 3 is 2.85 bits per heavy atom. The summed E-state index contributed by atoms with van der Waals surface area (Å²) >= 11 is 1.55. The van der Waals surface area contributed by atoms with Crippen LogP contribution in [0.2, 0.25) is 0 Å². The Labute approximate surface area is 122 Å². The lowest BCUT2D eigenvalue weighted by molar-refractivity contribution is -0.139. The van der Waals surface area contributed by atoms with Gasteiger partial charge in [-0.05, 0) is 24.5 Å². The van der Waals surface area contributed by atoms with Gasteiger partial charge in [0.05, 0.1) is 5.69 Å². The fourth-order valence-corrected chi connectivity index (χ4v) is 2.07. The highest BCUT2D eigenvalue weighted by molar-refractivity contribution is 7.98. The van der Waals surface area contributed by atoms with Crippen LogP contribution in [0, 0.1) is 0 Å². The van der Waals surface area contributed by atoms with Crippen LogP contribution < -0.4 is 10.6 Å². The van der Waals surface area contributed by atoms with Gasteiger partial charge in [-0.3, -0.25) is 4.68 Å². The van der Waals surface area contributed by atoms with Crippen molar-refractivity contribution in [1.29, 1.82) is 0 Å². The van der Waals surface area contributed by atoms with E-state index in [-0.39, 0.29) is 0 Å². The second-order valence-corrected chi connectivity index (χ2v) is 5.29. The van der Waals surface area contributed by atoms with Crippen LogP contribution >= 0.6 is 11.8 Å². The zero-order valence-electron chi connectivity index (χ0n) is 11.6. The maximum absolute atomic E-state index is 11.6. The number of amides is 2. The molecule has 1 atom stereocenters. The Morgan fingerprint density at radius 1 is 1.55 bits per heavy atom. The van der Waals surface area contributed by atoms with E-state index in [0.717, 1.165) is 5.69 Å². The van der Waals surface area contributed by atoms with Crippen molar-refractivity contribution in [1.82, 2.24) is 20.4 Å². The summed E-state index contributed by atoms with van der Waals surface area (Å²) in [5.41, 5.74) is 0.880. The first-order chi connectivity index (χ1) is 9.52. The predicted molar refractivity (Wildman–Crippen MR) is 77.9 cm³/mol. The summed E-state index contributed by atoms with van der Waals surface area (Å²) in [7, 11) is 1.83. The molecule has 1 aromatic rings. The van der Waals surface area contributed by atoms with E-state index in [4.69, 9.17) is 5.11 Å². The zero-order valence-corrected chi connectivity index (χ0v) is 12.4. The third-order valence-electron chi connectivity index (χ3n) is 2.65.